The van der Waals surface area contributed by atoms with Crippen LogP contribution >= 0.6 is 11.3 Å². The topological polar surface area (TPSA) is 41.1 Å². The summed E-state index contributed by atoms with van der Waals surface area (Å²) in [7, 11) is 0. The van der Waals surface area contributed by atoms with Gasteiger partial charge >= 0.3 is 0 Å². The minimum atomic E-state index is 0.215. The SMILES string of the molecule is O=C(CCCNCCc1ccsc1)NC1CC1. The van der Waals surface area contributed by atoms with E-state index in [9.17, 15) is 4.79 Å². The molecule has 1 fully saturated rings. The number of amides is 1. The molecule has 1 aromatic rings. The third kappa shape index (κ3) is 5.33. The smallest absolute Gasteiger partial charge is 0.220 e. The van der Waals surface area contributed by atoms with E-state index in [1.807, 2.05) is 0 Å². The molecule has 0 unspecified atom stereocenters. The number of hydrogen-bond donors (Lipinski definition) is 2. The summed E-state index contributed by atoms with van der Waals surface area (Å²) in [6, 6.07) is 2.66. The standard InChI is InChI=1S/C13H20N2OS/c16-13(15-12-3-4-12)2-1-7-14-8-5-11-6-9-17-10-11/h6,9-10,12,14H,1-5,7-8H2,(H,15,16). The van der Waals surface area contributed by atoms with Crippen LogP contribution in [0.5, 0.6) is 0 Å². The molecule has 17 heavy (non-hydrogen) atoms. The van der Waals surface area contributed by atoms with E-state index in [0.29, 0.717) is 12.5 Å². The van der Waals surface area contributed by atoms with E-state index in [4.69, 9.17) is 0 Å². The fraction of sp³-hybridized carbons (Fsp3) is 0.615. The molecule has 1 aliphatic rings. The highest BCUT2D eigenvalue weighted by Crippen LogP contribution is 2.18. The van der Waals surface area contributed by atoms with E-state index in [1.165, 1.54) is 18.4 Å². The van der Waals surface area contributed by atoms with Gasteiger partial charge in [-0.15, -0.1) is 0 Å². The van der Waals surface area contributed by atoms with Crippen LogP contribution in [0.2, 0.25) is 0 Å². The van der Waals surface area contributed by atoms with Crippen molar-refractivity contribution in [3.63, 3.8) is 0 Å². The molecule has 0 radical (unpaired) electrons. The molecule has 0 spiro atoms. The molecule has 3 nitrogen and oxygen atoms in total. The summed E-state index contributed by atoms with van der Waals surface area (Å²) in [6.07, 6.45) is 5.01. The van der Waals surface area contributed by atoms with Gasteiger partial charge in [0, 0.05) is 12.5 Å². The van der Waals surface area contributed by atoms with E-state index in [-0.39, 0.29) is 5.91 Å². The molecule has 1 aliphatic carbocycles. The summed E-state index contributed by atoms with van der Waals surface area (Å²) < 4.78 is 0. The number of hydrogen-bond acceptors (Lipinski definition) is 3. The largest absolute Gasteiger partial charge is 0.353 e. The van der Waals surface area contributed by atoms with Crippen LogP contribution in [0.25, 0.3) is 0 Å². The van der Waals surface area contributed by atoms with Crippen molar-refractivity contribution in [2.45, 2.75) is 38.1 Å². The summed E-state index contributed by atoms with van der Waals surface area (Å²) in [5, 5.41) is 10.7. The third-order valence-electron chi connectivity index (χ3n) is 2.87. The molecule has 1 amide bonds. The van der Waals surface area contributed by atoms with Crippen molar-refractivity contribution in [1.29, 1.82) is 0 Å². The minimum Gasteiger partial charge on any atom is -0.353 e. The van der Waals surface area contributed by atoms with Gasteiger partial charge in [-0.2, -0.15) is 11.3 Å². The molecule has 94 valence electrons. The van der Waals surface area contributed by atoms with E-state index in [1.54, 1.807) is 11.3 Å². The maximum absolute atomic E-state index is 11.4. The fourth-order valence-corrected chi connectivity index (χ4v) is 2.40. The van der Waals surface area contributed by atoms with Crippen molar-refractivity contribution in [3.8, 4) is 0 Å². The van der Waals surface area contributed by atoms with Crippen LogP contribution in [0.4, 0.5) is 0 Å². The number of carbonyl (C=O) groups is 1. The van der Waals surface area contributed by atoms with Crippen molar-refractivity contribution in [2.24, 2.45) is 0 Å². The van der Waals surface area contributed by atoms with Gasteiger partial charge in [-0.05, 0) is 61.2 Å². The first-order chi connectivity index (χ1) is 8.34. The van der Waals surface area contributed by atoms with Gasteiger partial charge in [0.25, 0.3) is 0 Å². The molecule has 0 aliphatic heterocycles. The van der Waals surface area contributed by atoms with Crippen LogP contribution in [0.3, 0.4) is 0 Å². The lowest BCUT2D eigenvalue weighted by molar-refractivity contribution is -0.121. The highest BCUT2D eigenvalue weighted by Gasteiger charge is 2.22. The highest BCUT2D eigenvalue weighted by molar-refractivity contribution is 7.07. The second kappa shape index (κ2) is 6.77. The van der Waals surface area contributed by atoms with Crippen LogP contribution in [0.1, 0.15) is 31.2 Å². The molecule has 0 atom stereocenters. The van der Waals surface area contributed by atoms with Crippen molar-refractivity contribution in [3.05, 3.63) is 22.4 Å². The average molecular weight is 252 g/mol. The van der Waals surface area contributed by atoms with E-state index in [0.717, 1.165) is 25.9 Å². The van der Waals surface area contributed by atoms with E-state index < -0.39 is 0 Å². The van der Waals surface area contributed by atoms with Gasteiger partial charge in [0.1, 0.15) is 0 Å². The molecule has 0 aromatic carbocycles. The zero-order valence-corrected chi connectivity index (χ0v) is 10.9. The molecule has 2 rings (SSSR count). The predicted molar refractivity (Wildman–Crippen MR) is 71.3 cm³/mol. The Morgan fingerprint density at radius 2 is 2.29 bits per heavy atom. The second-order valence-electron chi connectivity index (χ2n) is 4.58. The lowest BCUT2D eigenvalue weighted by Gasteiger charge is -2.04. The lowest BCUT2D eigenvalue weighted by Crippen LogP contribution is -2.26. The van der Waals surface area contributed by atoms with E-state index >= 15 is 0 Å². The lowest BCUT2D eigenvalue weighted by atomic mass is 10.2. The molecule has 2 N–H and O–H groups in total. The number of carbonyl (C=O) groups excluding carboxylic acids is 1. The number of thiophene rings is 1. The first kappa shape index (κ1) is 12.6. The Hall–Kier alpha value is -0.870. The maximum atomic E-state index is 11.4. The summed E-state index contributed by atoms with van der Waals surface area (Å²) >= 11 is 1.74. The summed E-state index contributed by atoms with van der Waals surface area (Å²) in [5.74, 6) is 0.215. The van der Waals surface area contributed by atoms with Gasteiger partial charge in [-0.1, -0.05) is 0 Å². The number of rotatable bonds is 8. The molecule has 1 saturated carbocycles. The highest BCUT2D eigenvalue weighted by atomic mass is 32.1. The Labute approximate surface area is 107 Å². The van der Waals surface area contributed by atoms with Gasteiger partial charge in [0.05, 0.1) is 0 Å². The summed E-state index contributed by atoms with van der Waals surface area (Å²) in [4.78, 5) is 11.4. The monoisotopic (exact) mass is 252 g/mol. The fourth-order valence-electron chi connectivity index (χ4n) is 1.69. The Kier molecular flexibility index (Phi) is 5.01. The Morgan fingerprint density at radius 3 is 3.00 bits per heavy atom. The van der Waals surface area contributed by atoms with Crippen LogP contribution in [-0.4, -0.2) is 25.0 Å². The van der Waals surface area contributed by atoms with Gasteiger partial charge in [0.15, 0.2) is 0 Å². The van der Waals surface area contributed by atoms with Crippen molar-refractivity contribution >= 4 is 17.2 Å². The maximum Gasteiger partial charge on any atom is 0.220 e. The van der Waals surface area contributed by atoms with Gasteiger partial charge in [0.2, 0.25) is 5.91 Å². The quantitative estimate of drug-likeness (QED) is 0.694. The Balaban J connectivity index is 1.42. The van der Waals surface area contributed by atoms with Gasteiger partial charge < -0.3 is 10.6 Å². The average Bonchev–Trinajstić information content (AvgIpc) is 2.96. The Morgan fingerprint density at radius 1 is 1.41 bits per heavy atom. The van der Waals surface area contributed by atoms with Crippen LogP contribution < -0.4 is 10.6 Å². The van der Waals surface area contributed by atoms with Crippen molar-refractivity contribution < 1.29 is 4.79 Å². The molecule has 0 saturated heterocycles. The molecule has 0 bridgehead atoms. The zero-order chi connectivity index (χ0) is 11.9. The molecular weight excluding hydrogens is 232 g/mol. The summed E-state index contributed by atoms with van der Waals surface area (Å²) in [6.45, 7) is 1.93. The minimum absolute atomic E-state index is 0.215. The first-order valence-electron chi connectivity index (χ1n) is 6.36. The van der Waals surface area contributed by atoms with Crippen LogP contribution in [-0.2, 0) is 11.2 Å². The first-order valence-corrected chi connectivity index (χ1v) is 7.30. The van der Waals surface area contributed by atoms with Gasteiger partial charge in [-0.3, -0.25) is 4.79 Å². The van der Waals surface area contributed by atoms with Crippen molar-refractivity contribution in [1.82, 2.24) is 10.6 Å². The molecule has 1 heterocycles. The summed E-state index contributed by atoms with van der Waals surface area (Å²) in [5.41, 5.74) is 1.40. The second-order valence-corrected chi connectivity index (χ2v) is 5.36. The predicted octanol–water partition coefficient (Wildman–Crippen LogP) is 1.94. The molecule has 4 heteroatoms. The molecular formula is C13H20N2OS. The Bertz CT molecular complexity index is 333. The molecule has 1 aromatic heterocycles. The third-order valence-corrected chi connectivity index (χ3v) is 3.60. The van der Waals surface area contributed by atoms with Crippen LogP contribution in [0, 0.1) is 0 Å². The van der Waals surface area contributed by atoms with Gasteiger partial charge in [-0.25, -0.2) is 0 Å². The zero-order valence-electron chi connectivity index (χ0n) is 10.1. The normalized spacial score (nSPS) is 14.8. The van der Waals surface area contributed by atoms with Crippen molar-refractivity contribution in [2.75, 3.05) is 13.1 Å². The van der Waals surface area contributed by atoms with E-state index in [2.05, 4.69) is 27.5 Å². The number of nitrogens with one attached hydrogen (secondary N) is 2. The van der Waals surface area contributed by atoms with Crippen LogP contribution in [0.15, 0.2) is 16.8 Å².